The molecule has 2 aromatic rings. The van der Waals surface area contributed by atoms with Crippen molar-refractivity contribution in [2.45, 2.75) is 26.5 Å². The summed E-state index contributed by atoms with van der Waals surface area (Å²) in [5.74, 6) is 1.89. The van der Waals surface area contributed by atoms with E-state index in [0.717, 1.165) is 12.1 Å². The highest BCUT2D eigenvalue weighted by Gasteiger charge is 2.11. The van der Waals surface area contributed by atoms with Gasteiger partial charge in [0.05, 0.1) is 14.2 Å². The maximum Gasteiger partial charge on any atom is 0.212 e. The maximum atomic E-state index is 5.70. The van der Waals surface area contributed by atoms with Gasteiger partial charge in [-0.3, -0.25) is 0 Å². The number of methoxy groups -OCH3 is 1. The first-order chi connectivity index (χ1) is 10.1. The summed E-state index contributed by atoms with van der Waals surface area (Å²) in [5, 5.41) is 15.1. The lowest BCUT2D eigenvalue weighted by Gasteiger charge is -2.16. The van der Waals surface area contributed by atoms with Gasteiger partial charge < -0.3 is 14.8 Å². The number of aryl methyl sites for hydroxylation is 1. The van der Waals surface area contributed by atoms with Crippen molar-refractivity contribution in [1.29, 1.82) is 0 Å². The molecule has 0 fully saturated rings. The first-order valence-electron chi connectivity index (χ1n) is 6.91. The lowest BCUT2D eigenvalue weighted by Crippen LogP contribution is -2.17. The second kappa shape index (κ2) is 7.03. The Morgan fingerprint density at radius 3 is 2.76 bits per heavy atom. The summed E-state index contributed by atoms with van der Waals surface area (Å²) in [6.45, 7) is 5.37. The molecular weight excluding hydrogens is 270 g/mol. The number of rotatable bonds is 7. The second-order valence-corrected chi connectivity index (χ2v) is 4.67. The molecule has 21 heavy (non-hydrogen) atoms. The van der Waals surface area contributed by atoms with Crippen LogP contribution >= 0.6 is 0 Å². The molecule has 7 heteroatoms. The van der Waals surface area contributed by atoms with Gasteiger partial charge in [0.1, 0.15) is 0 Å². The van der Waals surface area contributed by atoms with E-state index in [4.69, 9.17) is 9.47 Å². The number of nitrogens with zero attached hydrogens (tertiary/aromatic N) is 4. The fourth-order valence-electron chi connectivity index (χ4n) is 2.02. The second-order valence-electron chi connectivity index (χ2n) is 4.67. The standard InChI is InChI=1S/C14H21N5O2/c1-5-15-10(2)11-6-7-12(13(8-11)20-4)21-9-14-16-18-19(3)17-14/h6-8,10,15H,5,9H2,1-4H3. The summed E-state index contributed by atoms with van der Waals surface area (Å²) < 4.78 is 11.1. The van der Waals surface area contributed by atoms with Crippen LogP contribution in [0.15, 0.2) is 18.2 Å². The third kappa shape index (κ3) is 3.91. The smallest absolute Gasteiger partial charge is 0.212 e. The monoisotopic (exact) mass is 291 g/mol. The average molecular weight is 291 g/mol. The molecule has 0 bridgehead atoms. The van der Waals surface area contributed by atoms with Gasteiger partial charge in [0, 0.05) is 6.04 Å². The third-order valence-corrected chi connectivity index (χ3v) is 3.10. The summed E-state index contributed by atoms with van der Waals surface area (Å²) >= 11 is 0. The molecule has 114 valence electrons. The molecule has 1 unspecified atom stereocenters. The topological polar surface area (TPSA) is 74.1 Å². The highest BCUT2D eigenvalue weighted by molar-refractivity contribution is 5.43. The van der Waals surface area contributed by atoms with E-state index in [1.54, 1.807) is 14.2 Å². The normalized spacial score (nSPS) is 12.2. The van der Waals surface area contributed by atoms with Gasteiger partial charge in [-0.25, -0.2) is 0 Å². The molecule has 0 aliphatic carbocycles. The Hall–Kier alpha value is -2.15. The van der Waals surface area contributed by atoms with E-state index in [1.165, 1.54) is 4.80 Å². The van der Waals surface area contributed by atoms with Crippen LogP contribution in [-0.4, -0.2) is 33.9 Å². The zero-order valence-corrected chi connectivity index (χ0v) is 12.8. The maximum absolute atomic E-state index is 5.70. The molecule has 1 N–H and O–H groups in total. The van der Waals surface area contributed by atoms with Crippen molar-refractivity contribution in [1.82, 2.24) is 25.5 Å². The predicted molar refractivity (Wildman–Crippen MR) is 78.2 cm³/mol. The van der Waals surface area contributed by atoms with Crippen LogP contribution in [0.1, 0.15) is 31.3 Å². The van der Waals surface area contributed by atoms with Crippen molar-refractivity contribution < 1.29 is 9.47 Å². The molecule has 0 saturated heterocycles. The Kier molecular flexibility index (Phi) is 5.10. The van der Waals surface area contributed by atoms with Crippen LogP contribution < -0.4 is 14.8 Å². The first-order valence-corrected chi connectivity index (χ1v) is 6.91. The quantitative estimate of drug-likeness (QED) is 0.832. The molecule has 0 aliphatic rings. The predicted octanol–water partition coefficient (Wildman–Crippen LogP) is 1.47. The van der Waals surface area contributed by atoms with Crippen molar-refractivity contribution in [3.63, 3.8) is 0 Å². The Bertz CT molecular complexity index is 584. The van der Waals surface area contributed by atoms with Crippen LogP contribution in [0.25, 0.3) is 0 Å². The van der Waals surface area contributed by atoms with Gasteiger partial charge in [-0.05, 0) is 36.4 Å². The summed E-state index contributed by atoms with van der Waals surface area (Å²) in [5.41, 5.74) is 1.15. The van der Waals surface area contributed by atoms with E-state index in [1.807, 2.05) is 18.2 Å². The third-order valence-electron chi connectivity index (χ3n) is 3.10. The van der Waals surface area contributed by atoms with Crippen molar-refractivity contribution >= 4 is 0 Å². The van der Waals surface area contributed by atoms with Crippen LogP contribution in [0, 0.1) is 0 Å². The van der Waals surface area contributed by atoms with Gasteiger partial charge in [0.25, 0.3) is 0 Å². The first kappa shape index (κ1) is 15.2. The minimum absolute atomic E-state index is 0.256. The van der Waals surface area contributed by atoms with E-state index in [-0.39, 0.29) is 12.6 Å². The summed E-state index contributed by atoms with van der Waals surface area (Å²) in [7, 11) is 3.35. The van der Waals surface area contributed by atoms with E-state index in [9.17, 15) is 0 Å². The fourth-order valence-corrected chi connectivity index (χ4v) is 2.02. The lowest BCUT2D eigenvalue weighted by molar-refractivity contribution is 0.275. The molecular formula is C14H21N5O2. The molecule has 0 aliphatic heterocycles. The number of nitrogens with one attached hydrogen (secondary N) is 1. The Balaban J connectivity index is 2.08. The summed E-state index contributed by atoms with van der Waals surface area (Å²) in [6, 6.07) is 6.17. The van der Waals surface area contributed by atoms with E-state index in [0.29, 0.717) is 17.3 Å². The number of aromatic nitrogens is 4. The van der Waals surface area contributed by atoms with Crippen molar-refractivity contribution in [2.24, 2.45) is 7.05 Å². The minimum Gasteiger partial charge on any atom is -0.493 e. The summed E-state index contributed by atoms with van der Waals surface area (Å²) in [6.07, 6.45) is 0. The summed E-state index contributed by atoms with van der Waals surface area (Å²) in [4.78, 5) is 1.40. The number of tetrazole rings is 1. The zero-order valence-electron chi connectivity index (χ0n) is 12.8. The molecule has 0 radical (unpaired) electrons. The van der Waals surface area contributed by atoms with Gasteiger partial charge in [0.2, 0.25) is 5.82 Å². The molecule has 0 spiro atoms. The van der Waals surface area contributed by atoms with Gasteiger partial charge in [-0.15, -0.1) is 10.2 Å². The van der Waals surface area contributed by atoms with E-state index < -0.39 is 0 Å². The van der Waals surface area contributed by atoms with Gasteiger partial charge in [-0.2, -0.15) is 4.80 Å². The Morgan fingerprint density at radius 1 is 1.33 bits per heavy atom. The SMILES string of the molecule is CCNC(C)c1ccc(OCc2nnn(C)n2)c(OC)c1. The van der Waals surface area contributed by atoms with E-state index >= 15 is 0 Å². The van der Waals surface area contributed by atoms with Crippen molar-refractivity contribution in [3.05, 3.63) is 29.6 Å². The fraction of sp³-hybridized carbons (Fsp3) is 0.500. The van der Waals surface area contributed by atoms with Crippen LogP contribution in [-0.2, 0) is 13.7 Å². The highest BCUT2D eigenvalue weighted by Crippen LogP contribution is 2.30. The Labute approximate surface area is 124 Å². The molecule has 1 aromatic heterocycles. The van der Waals surface area contributed by atoms with Crippen LogP contribution in [0.5, 0.6) is 11.5 Å². The molecule has 0 amide bonds. The van der Waals surface area contributed by atoms with Gasteiger partial charge in [-0.1, -0.05) is 13.0 Å². The molecule has 1 aromatic carbocycles. The average Bonchev–Trinajstić information content (AvgIpc) is 2.90. The molecule has 7 nitrogen and oxygen atoms in total. The number of benzene rings is 1. The molecule has 1 atom stereocenters. The zero-order chi connectivity index (χ0) is 15.2. The van der Waals surface area contributed by atoms with Crippen LogP contribution in [0.3, 0.4) is 0 Å². The van der Waals surface area contributed by atoms with E-state index in [2.05, 4.69) is 34.6 Å². The van der Waals surface area contributed by atoms with Crippen molar-refractivity contribution in [2.75, 3.05) is 13.7 Å². The number of hydrogen-bond acceptors (Lipinski definition) is 6. The molecule has 2 rings (SSSR count). The van der Waals surface area contributed by atoms with Crippen LogP contribution in [0.4, 0.5) is 0 Å². The number of hydrogen-bond donors (Lipinski definition) is 1. The van der Waals surface area contributed by atoms with Gasteiger partial charge >= 0.3 is 0 Å². The minimum atomic E-state index is 0.256. The molecule has 0 saturated carbocycles. The largest absolute Gasteiger partial charge is 0.493 e. The Morgan fingerprint density at radius 2 is 2.14 bits per heavy atom. The highest BCUT2D eigenvalue weighted by atomic mass is 16.5. The number of ether oxygens (including phenoxy) is 2. The lowest BCUT2D eigenvalue weighted by atomic mass is 10.1. The van der Waals surface area contributed by atoms with Crippen LogP contribution in [0.2, 0.25) is 0 Å². The molecule has 1 heterocycles. The van der Waals surface area contributed by atoms with Gasteiger partial charge in [0.15, 0.2) is 18.1 Å². The van der Waals surface area contributed by atoms with Crippen molar-refractivity contribution in [3.8, 4) is 11.5 Å².